The third-order valence-corrected chi connectivity index (χ3v) is 8.80. The van der Waals surface area contributed by atoms with Gasteiger partial charge in [-0.1, -0.05) is 109 Å². The molecule has 0 fully saturated rings. The minimum Gasteiger partial charge on any atom is -0.308 e. The zero-order valence-electron chi connectivity index (χ0n) is 26.5. The van der Waals surface area contributed by atoms with Gasteiger partial charge in [0.25, 0.3) is 0 Å². The van der Waals surface area contributed by atoms with Crippen LogP contribution in [0.2, 0.25) is 0 Å². The minimum absolute atomic E-state index is 0.389. The second-order valence-electron chi connectivity index (χ2n) is 11.6. The van der Waals surface area contributed by atoms with Crippen molar-refractivity contribution in [3.8, 4) is 17.8 Å². The number of para-hydroxylation sites is 6. The molecule has 0 bridgehead atoms. The van der Waals surface area contributed by atoms with Gasteiger partial charge in [-0.25, -0.2) is 0 Å². The van der Waals surface area contributed by atoms with Gasteiger partial charge < -0.3 is 14.4 Å². The molecule has 0 aliphatic heterocycles. The van der Waals surface area contributed by atoms with Gasteiger partial charge in [-0.2, -0.15) is 10.5 Å². The maximum absolute atomic E-state index is 11.4. The zero-order chi connectivity index (χ0) is 33.2. The van der Waals surface area contributed by atoms with E-state index in [4.69, 9.17) is 0 Å². The third-order valence-electron chi connectivity index (χ3n) is 8.80. The fraction of sp³-hybridized carbons (Fsp3) is 0. The molecule has 7 aromatic carbocycles. The molecule has 0 saturated carbocycles. The van der Waals surface area contributed by atoms with Crippen molar-refractivity contribution >= 4 is 55.9 Å². The van der Waals surface area contributed by atoms with Crippen LogP contribution in [0.25, 0.3) is 27.5 Å². The van der Waals surface area contributed by atoms with Crippen molar-refractivity contribution in [3.63, 3.8) is 0 Å². The molecule has 230 valence electrons. The van der Waals surface area contributed by atoms with Gasteiger partial charge >= 0.3 is 0 Å². The zero-order valence-corrected chi connectivity index (χ0v) is 26.5. The predicted molar refractivity (Wildman–Crippen MR) is 200 cm³/mol. The molecule has 0 atom stereocenters. The normalized spacial score (nSPS) is 10.8. The number of fused-ring (bicyclic) bond motifs is 3. The van der Waals surface area contributed by atoms with E-state index in [0.717, 1.165) is 50.2 Å². The van der Waals surface area contributed by atoms with Gasteiger partial charge in [0.2, 0.25) is 0 Å². The van der Waals surface area contributed by atoms with E-state index in [0.29, 0.717) is 22.5 Å². The Morgan fingerprint density at radius 3 is 1.24 bits per heavy atom. The van der Waals surface area contributed by atoms with Crippen LogP contribution in [0, 0.1) is 22.7 Å². The number of aromatic nitrogens is 1. The second kappa shape index (κ2) is 12.6. The van der Waals surface area contributed by atoms with Crippen molar-refractivity contribution in [3.05, 3.63) is 187 Å². The number of nitriles is 2. The van der Waals surface area contributed by atoms with Crippen LogP contribution in [-0.4, -0.2) is 4.57 Å². The molecule has 1 aromatic heterocycles. The van der Waals surface area contributed by atoms with Crippen LogP contribution in [0.15, 0.2) is 176 Å². The lowest BCUT2D eigenvalue weighted by molar-refractivity contribution is 1.16. The Morgan fingerprint density at radius 1 is 0.408 bits per heavy atom. The average Bonchev–Trinajstić information content (AvgIpc) is 3.52. The van der Waals surface area contributed by atoms with Crippen molar-refractivity contribution in [2.45, 2.75) is 0 Å². The van der Waals surface area contributed by atoms with Gasteiger partial charge in [0, 0.05) is 39.2 Å². The van der Waals surface area contributed by atoms with E-state index >= 15 is 0 Å². The molecule has 8 rings (SSSR count). The summed E-state index contributed by atoms with van der Waals surface area (Å²) in [6.07, 6.45) is 0. The van der Waals surface area contributed by atoms with Gasteiger partial charge in [-0.3, -0.25) is 0 Å². The van der Waals surface area contributed by atoms with E-state index in [1.54, 1.807) is 0 Å². The summed E-state index contributed by atoms with van der Waals surface area (Å²) in [5.74, 6) is 0. The number of hydrogen-bond donors (Lipinski definition) is 0. The monoisotopic (exact) mass is 627 g/mol. The van der Waals surface area contributed by atoms with E-state index in [1.165, 1.54) is 0 Å². The van der Waals surface area contributed by atoms with Crippen molar-refractivity contribution in [1.29, 1.82) is 10.5 Å². The lowest BCUT2D eigenvalue weighted by atomic mass is 9.96. The number of rotatable bonds is 7. The van der Waals surface area contributed by atoms with Crippen molar-refractivity contribution in [2.75, 3.05) is 9.80 Å². The van der Waals surface area contributed by atoms with Gasteiger partial charge in [-0.05, 0) is 66.7 Å². The Morgan fingerprint density at radius 2 is 0.796 bits per heavy atom. The third kappa shape index (κ3) is 4.95. The fourth-order valence-corrected chi connectivity index (χ4v) is 6.82. The number of benzene rings is 7. The summed E-state index contributed by atoms with van der Waals surface area (Å²) in [6.45, 7) is 0. The summed E-state index contributed by atoms with van der Waals surface area (Å²) in [4.78, 5) is 4.20. The quantitative estimate of drug-likeness (QED) is 0.176. The molecule has 5 nitrogen and oxygen atoms in total. The average molecular weight is 628 g/mol. The minimum atomic E-state index is 0.389. The summed E-state index contributed by atoms with van der Waals surface area (Å²) in [6, 6.07) is 63.7. The van der Waals surface area contributed by atoms with E-state index in [-0.39, 0.29) is 0 Å². The first-order valence-electron chi connectivity index (χ1n) is 16.1. The van der Waals surface area contributed by atoms with E-state index in [9.17, 15) is 10.5 Å². The molecular weight excluding hydrogens is 599 g/mol. The van der Waals surface area contributed by atoms with Gasteiger partial charge in [0.15, 0.2) is 0 Å². The predicted octanol–water partition coefficient (Wildman–Crippen LogP) is 11.5. The van der Waals surface area contributed by atoms with E-state index < -0.39 is 0 Å². The van der Waals surface area contributed by atoms with Gasteiger partial charge in [0.1, 0.15) is 23.3 Å². The molecule has 1 heterocycles. The van der Waals surface area contributed by atoms with Crippen LogP contribution in [-0.2, 0) is 0 Å². The van der Waals surface area contributed by atoms with Crippen LogP contribution < -0.4 is 9.80 Å². The second-order valence-corrected chi connectivity index (χ2v) is 11.6. The first-order valence-corrected chi connectivity index (χ1v) is 16.1. The SMILES string of the molecule is N#Cc1c(N(c2ccccc2)c2ccccc2)c(C#N)c2c(c1N(c1ccccc1)c1ccccc1)c1ccccc1n2-c1ccccc1. The summed E-state index contributed by atoms with van der Waals surface area (Å²) >= 11 is 0. The van der Waals surface area contributed by atoms with Crippen LogP contribution in [0.1, 0.15) is 11.1 Å². The number of nitrogens with zero attached hydrogens (tertiary/aromatic N) is 5. The van der Waals surface area contributed by atoms with Crippen LogP contribution in [0.4, 0.5) is 34.1 Å². The molecule has 0 saturated heterocycles. The highest BCUT2D eigenvalue weighted by molar-refractivity contribution is 6.21. The lowest BCUT2D eigenvalue weighted by Gasteiger charge is -2.32. The summed E-state index contributed by atoms with van der Waals surface area (Å²) in [5.41, 5.74) is 8.05. The molecule has 0 N–H and O–H groups in total. The number of anilines is 6. The van der Waals surface area contributed by atoms with Crippen molar-refractivity contribution in [1.82, 2.24) is 4.57 Å². The Bertz CT molecular complexity index is 2420. The highest BCUT2D eigenvalue weighted by Crippen LogP contribution is 2.52. The molecule has 0 aliphatic rings. The molecule has 5 heteroatoms. The van der Waals surface area contributed by atoms with E-state index in [2.05, 4.69) is 70.1 Å². The van der Waals surface area contributed by atoms with E-state index in [1.807, 2.05) is 132 Å². The Hall–Kier alpha value is -7.08. The number of hydrogen-bond acceptors (Lipinski definition) is 4. The lowest BCUT2D eigenvalue weighted by Crippen LogP contribution is -2.18. The Labute approximate surface area is 285 Å². The summed E-state index contributed by atoms with van der Waals surface area (Å²) < 4.78 is 2.17. The van der Waals surface area contributed by atoms with Crippen molar-refractivity contribution in [2.24, 2.45) is 0 Å². The summed E-state index contributed by atoms with van der Waals surface area (Å²) in [5, 5.41) is 24.5. The maximum Gasteiger partial charge on any atom is 0.104 e. The molecular formula is C44H29N5. The summed E-state index contributed by atoms with van der Waals surface area (Å²) in [7, 11) is 0. The highest BCUT2D eigenvalue weighted by atomic mass is 15.2. The van der Waals surface area contributed by atoms with Crippen molar-refractivity contribution < 1.29 is 0 Å². The van der Waals surface area contributed by atoms with Crippen LogP contribution in [0.5, 0.6) is 0 Å². The van der Waals surface area contributed by atoms with Gasteiger partial charge in [-0.15, -0.1) is 0 Å². The Balaban J connectivity index is 1.66. The molecule has 0 aliphatic carbocycles. The smallest absolute Gasteiger partial charge is 0.104 e. The molecule has 0 amide bonds. The molecule has 0 unspecified atom stereocenters. The topological polar surface area (TPSA) is 59.0 Å². The molecule has 0 spiro atoms. The van der Waals surface area contributed by atoms with Gasteiger partial charge in [0.05, 0.1) is 22.4 Å². The molecule has 8 aromatic rings. The first kappa shape index (κ1) is 29.3. The van der Waals surface area contributed by atoms with Crippen LogP contribution in [0.3, 0.4) is 0 Å². The highest BCUT2D eigenvalue weighted by Gasteiger charge is 2.33. The maximum atomic E-state index is 11.4. The molecule has 0 radical (unpaired) electrons. The molecule has 49 heavy (non-hydrogen) atoms. The first-order chi connectivity index (χ1) is 24.3. The largest absolute Gasteiger partial charge is 0.308 e. The Kier molecular flexibility index (Phi) is 7.55. The standard InChI is InChI=1S/C44H29N5/c45-30-38-42(47(32-18-6-1-7-19-32)33-20-8-2-9-21-33)39(31-46)44-41(37-28-16-17-29-40(37)49(44)36-26-14-5-15-27-36)43(38)48(34-22-10-3-11-23-34)35-24-12-4-13-25-35/h1-29H. The van der Waals surface area contributed by atoms with Crippen LogP contribution >= 0.6 is 0 Å². The fourth-order valence-electron chi connectivity index (χ4n) is 6.82.